The topological polar surface area (TPSA) is 84.1 Å². The molecule has 0 saturated carbocycles. The van der Waals surface area contributed by atoms with Crippen molar-refractivity contribution in [3.8, 4) is 5.75 Å². The highest BCUT2D eigenvalue weighted by Gasteiger charge is 2.15. The number of imidazole rings is 1. The van der Waals surface area contributed by atoms with Crippen molar-refractivity contribution >= 4 is 40.2 Å². The Morgan fingerprint density at radius 1 is 1.03 bits per heavy atom. The van der Waals surface area contributed by atoms with Crippen molar-refractivity contribution in [1.82, 2.24) is 9.97 Å². The summed E-state index contributed by atoms with van der Waals surface area (Å²) in [7, 11) is 1.61. The molecule has 150 valence electrons. The summed E-state index contributed by atoms with van der Waals surface area (Å²) in [4.78, 5) is 33.0. The van der Waals surface area contributed by atoms with Gasteiger partial charge in [0.1, 0.15) is 5.75 Å². The molecule has 0 aliphatic carbocycles. The van der Waals surface area contributed by atoms with Crippen LogP contribution in [0.25, 0.3) is 11.0 Å². The number of benzene rings is 3. The van der Waals surface area contributed by atoms with Crippen LogP contribution in [-0.4, -0.2) is 34.5 Å². The molecule has 1 heterocycles. The fourth-order valence-electron chi connectivity index (χ4n) is 3.02. The van der Waals surface area contributed by atoms with E-state index in [4.69, 9.17) is 4.74 Å². The molecule has 0 aliphatic heterocycles. The van der Waals surface area contributed by atoms with E-state index < -0.39 is 0 Å². The molecule has 1 aromatic heterocycles. The van der Waals surface area contributed by atoms with Crippen LogP contribution in [0.2, 0.25) is 0 Å². The number of anilines is 1. The van der Waals surface area contributed by atoms with Gasteiger partial charge in [-0.25, -0.2) is 4.98 Å². The van der Waals surface area contributed by atoms with Crippen LogP contribution < -0.4 is 10.1 Å². The Morgan fingerprint density at radius 2 is 1.80 bits per heavy atom. The number of ketones is 1. The van der Waals surface area contributed by atoms with Gasteiger partial charge in [0.25, 0.3) is 0 Å². The summed E-state index contributed by atoms with van der Waals surface area (Å²) in [6.07, 6.45) is 0. The van der Waals surface area contributed by atoms with E-state index in [2.05, 4.69) is 15.3 Å². The van der Waals surface area contributed by atoms with Crippen LogP contribution in [0.15, 0.2) is 78.0 Å². The number of hydrogen-bond acceptors (Lipinski definition) is 5. The lowest BCUT2D eigenvalue weighted by Gasteiger charge is -2.10. The van der Waals surface area contributed by atoms with Gasteiger partial charge >= 0.3 is 0 Å². The van der Waals surface area contributed by atoms with Gasteiger partial charge in [-0.05, 0) is 24.3 Å². The van der Waals surface area contributed by atoms with Crippen molar-refractivity contribution in [2.75, 3.05) is 18.2 Å². The number of ether oxygens (including phenoxy) is 1. The van der Waals surface area contributed by atoms with Crippen LogP contribution in [0.4, 0.5) is 5.69 Å². The summed E-state index contributed by atoms with van der Waals surface area (Å²) in [6.45, 7) is 0. The Morgan fingerprint density at radius 3 is 2.60 bits per heavy atom. The number of fused-ring (bicyclic) bond motifs is 1. The quantitative estimate of drug-likeness (QED) is 0.341. The van der Waals surface area contributed by atoms with Gasteiger partial charge in [0.05, 0.1) is 29.6 Å². The minimum absolute atomic E-state index is 0.134. The lowest BCUT2D eigenvalue weighted by atomic mass is 10.0. The summed E-state index contributed by atoms with van der Waals surface area (Å²) in [6, 6.07) is 21.6. The third-order valence-corrected chi connectivity index (χ3v) is 5.36. The lowest BCUT2D eigenvalue weighted by molar-refractivity contribution is -0.113. The molecule has 6 nitrogen and oxygen atoms in total. The van der Waals surface area contributed by atoms with E-state index in [0.29, 0.717) is 22.0 Å². The Bertz CT molecular complexity index is 1200. The molecule has 2 N–H and O–H groups in total. The van der Waals surface area contributed by atoms with Crippen LogP contribution in [-0.2, 0) is 4.79 Å². The predicted molar refractivity (Wildman–Crippen MR) is 118 cm³/mol. The van der Waals surface area contributed by atoms with E-state index in [1.54, 1.807) is 43.5 Å². The number of nitrogens with one attached hydrogen (secondary N) is 2. The summed E-state index contributed by atoms with van der Waals surface area (Å²) in [5, 5.41) is 3.48. The zero-order valence-electron chi connectivity index (χ0n) is 16.2. The summed E-state index contributed by atoms with van der Waals surface area (Å²) in [5.41, 5.74) is 3.17. The molecule has 0 fully saturated rings. The van der Waals surface area contributed by atoms with Crippen molar-refractivity contribution < 1.29 is 14.3 Å². The highest BCUT2D eigenvalue weighted by atomic mass is 32.2. The number of carbonyl (C=O) groups is 2. The number of methoxy groups -OCH3 is 1. The number of aromatic nitrogens is 2. The molecule has 1 amide bonds. The first-order valence-electron chi connectivity index (χ1n) is 9.29. The number of carbonyl (C=O) groups excluding carboxylic acids is 2. The molecule has 4 rings (SSSR count). The summed E-state index contributed by atoms with van der Waals surface area (Å²) in [5.74, 6) is 0.544. The van der Waals surface area contributed by atoms with Gasteiger partial charge in [0, 0.05) is 17.2 Å². The Kier molecular flexibility index (Phi) is 5.81. The second-order valence-corrected chi connectivity index (χ2v) is 7.47. The van der Waals surface area contributed by atoms with Gasteiger partial charge in [0.2, 0.25) is 5.91 Å². The zero-order chi connectivity index (χ0) is 20.9. The second kappa shape index (κ2) is 8.84. The number of amides is 1. The first kappa shape index (κ1) is 19.7. The van der Waals surface area contributed by atoms with Gasteiger partial charge in [-0.1, -0.05) is 54.2 Å². The first-order chi connectivity index (χ1) is 14.6. The molecular formula is C23H19N3O3S. The van der Waals surface area contributed by atoms with E-state index in [0.717, 1.165) is 16.8 Å². The number of para-hydroxylation sites is 1. The molecule has 3 aromatic carbocycles. The Labute approximate surface area is 177 Å². The number of hydrogen-bond donors (Lipinski definition) is 2. The molecule has 0 aliphatic rings. The molecule has 0 atom stereocenters. The van der Waals surface area contributed by atoms with Crippen LogP contribution in [0, 0.1) is 0 Å². The second-order valence-electron chi connectivity index (χ2n) is 6.50. The molecule has 0 bridgehead atoms. The molecular weight excluding hydrogens is 398 g/mol. The van der Waals surface area contributed by atoms with Crippen molar-refractivity contribution in [2.45, 2.75) is 5.16 Å². The smallest absolute Gasteiger partial charge is 0.234 e. The molecule has 30 heavy (non-hydrogen) atoms. The van der Waals surface area contributed by atoms with Gasteiger partial charge in [0.15, 0.2) is 10.9 Å². The summed E-state index contributed by atoms with van der Waals surface area (Å²) < 4.78 is 5.21. The van der Waals surface area contributed by atoms with Crippen molar-refractivity contribution in [3.63, 3.8) is 0 Å². The highest BCUT2D eigenvalue weighted by molar-refractivity contribution is 7.99. The fourth-order valence-corrected chi connectivity index (χ4v) is 3.70. The Balaban J connectivity index is 1.44. The minimum atomic E-state index is -0.216. The van der Waals surface area contributed by atoms with Crippen LogP contribution in [0.5, 0.6) is 5.75 Å². The largest absolute Gasteiger partial charge is 0.497 e. The van der Waals surface area contributed by atoms with Crippen molar-refractivity contribution in [1.29, 1.82) is 0 Å². The van der Waals surface area contributed by atoms with E-state index >= 15 is 0 Å². The maximum Gasteiger partial charge on any atom is 0.234 e. The van der Waals surface area contributed by atoms with Crippen LogP contribution in [0.1, 0.15) is 15.9 Å². The molecule has 0 saturated heterocycles. The third-order valence-electron chi connectivity index (χ3n) is 4.49. The number of H-pyrrole nitrogens is 1. The SMILES string of the molecule is COc1ccc2nc(SCC(=O)Nc3ccccc3C(=O)c3ccccc3)[nH]c2c1. The molecule has 0 unspecified atom stereocenters. The number of thioether (sulfide) groups is 1. The number of rotatable bonds is 7. The maximum absolute atomic E-state index is 12.8. The van der Waals surface area contributed by atoms with Crippen LogP contribution >= 0.6 is 11.8 Å². The van der Waals surface area contributed by atoms with Gasteiger partial charge < -0.3 is 15.0 Å². The van der Waals surface area contributed by atoms with Crippen molar-refractivity contribution in [3.05, 3.63) is 83.9 Å². The zero-order valence-corrected chi connectivity index (χ0v) is 17.0. The average Bonchev–Trinajstić information content (AvgIpc) is 3.20. The monoisotopic (exact) mass is 417 g/mol. The predicted octanol–water partition coefficient (Wildman–Crippen LogP) is 4.53. The standard InChI is InChI=1S/C23H19N3O3S/c1-29-16-11-12-19-20(13-16)26-23(25-19)30-14-21(27)24-18-10-6-5-9-17(18)22(28)15-7-3-2-4-8-15/h2-13H,14H2,1H3,(H,24,27)(H,25,26). The molecule has 0 spiro atoms. The van der Waals surface area contributed by atoms with Crippen molar-refractivity contribution in [2.24, 2.45) is 0 Å². The van der Waals surface area contributed by atoms with Gasteiger partial charge in [-0.15, -0.1) is 0 Å². The first-order valence-corrected chi connectivity index (χ1v) is 10.3. The number of aromatic amines is 1. The number of nitrogens with zero attached hydrogens (tertiary/aromatic N) is 1. The lowest BCUT2D eigenvalue weighted by Crippen LogP contribution is -2.17. The van der Waals surface area contributed by atoms with Gasteiger partial charge in [-0.3, -0.25) is 9.59 Å². The van der Waals surface area contributed by atoms with Gasteiger partial charge in [-0.2, -0.15) is 0 Å². The highest BCUT2D eigenvalue weighted by Crippen LogP contribution is 2.24. The third kappa shape index (κ3) is 4.36. The molecule has 0 radical (unpaired) electrons. The molecule has 7 heteroatoms. The van der Waals surface area contributed by atoms with E-state index in [-0.39, 0.29) is 17.4 Å². The Hall–Kier alpha value is -3.58. The molecule has 4 aromatic rings. The normalized spacial score (nSPS) is 10.7. The van der Waals surface area contributed by atoms with Crippen LogP contribution in [0.3, 0.4) is 0 Å². The minimum Gasteiger partial charge on any atom is -0.497 e. The van der Waals surface area contributed by atoms with E-state index in [1.165, 1.54) is 11.8 Å². The maximum atomic E-state index is 12.8. The van der Waals surface area contributed by atoms with E-state index in [1.807, 2.05) is 36.4 Å². The average molecular weight is 417 g/mol. The fraction of sp³-hybridized carbons (Fsp3) is 0.0870. The summed E-state index contributed by atoms with van der Waals surface area (Å²) >= 11 is 1.29. The van der Waals surface area contributed by atoms with E-state index in [9.17, 15) is 9.59 Å².